The van der Waals surface area contributed by atoms with E-state index in [-0.39, 0.29) is 11.8 Å². The zero-order valence-corrected chi connectivity index (χ0v) is 11.6. The first-order chi connectivity index (χ1) is 8.47. The van der Waals surface area contributed by atoms with Crippen LogP contribution in [-0.4, -0.2) is 48.6 Å². The van der Waals surface area contributed by atoms with Crippen LogP contribution in [0, 0.1) is 0 Å². The molecule has 1 aliphatic heterocycles. The average molecular weight is 256 g/mol. The van der Waals surface area contributed by atoms with E-state index in [1.165, 1.54) is 0 Å². The van der Waals surface area contributed by atoms with Gasteiger partial charge in [-0.1, -0.05) is 6.92 Å². The maximum Gasteiger partial charge on any atom is 0.247 e. The zero-order valence-electron chi connectivity index (χ0n) is 11.6. The molecule has 0 bridgehead atoms. The van der Waals surface area contributed by atoms with Crippen molar-refractivity contribution in [3.8, 4) is 0 Å². The van der Waals surface area contributed by atoms with Gasteiger partial charge in [-0.2, -0.15) is 0 Å². The second kappa shape index (κ2) is 6.73. The van der Waals surface area contributed by atoms with Gasteiger partial charge in [-0.15, -0.1) is 0 Å². The van der Waals surface area contributed by atoms with Gasteiger partial charge in [-0.25, -0.2) is 0 Å². The van der Waals surface area contributed by atoms with Crippen molar-refractivity contribution in [2.45, 2.75) is 45.6 Å². The molecule has 1 aliphatic rings. The van der Waals surface area contributed by atoms with Crippen LogP contribution in [0.1, 0.15) is 40.0 Å². The molecule has 5 heteroatoms. The second-order valence-electron chi connectivity index (χ2n) is 5.18. The summed E-state index contributed by atoms with van der Waals surface area (Å²) in [4.78, 5) is 25.5. The highest BCUT2D eigenvalue weighted by Crippen LogP contribution is 2.13. The fourth-order valence-corrected chi connectivity index (χ4v) is 2.02. The molecular weight excluding hydrogens is 232 g/mol. The Balaban J connectivity index is 2.43. The molecule has 104 valence electrons. The number of nitrogens with zero attached hydrogens (tertiary/aromatic N) is 1. The van der Waals surface area contributed by atoms with E-state index >= 15 is 0 Å². The van der Waals surface area contributed by atoms with Gasteiger partial charge in [0, 0.05) is 32.7 Å². The lowest BCUT2D eigenvalue weighted by Gasteiger charge is -2.28. The third-order valence-electron chi connectivity index (χ3n) is 2.95. The third kappa shape index (κ3) is 4.29. The van der Waals surface area contributed by atoms with Gasteiger partial charge in [0.2, 0.25) is 11.8 Å². The molecule has 0 atom stereocenters. The van der Waals surface area contributed by atoms with Gasteiger partial charge in [-0.3, -0.25) is 9.59 Å². The number of carbonyl (C=O) groups is 2. The molecule has 0 radical (unpaired) electrons. The molecule has 0 aromatic heterocycles. The summed E-state index contributed by atoms with van der Waals surface area (Å²) in [5.41, 5.74) is -0.794. The minimum Gasteiger partial charge on any atom is -0.381 e. The maximum absolute atomic E-state index is 12.2. The van der Waals surface area contributed by atoms with Crippen molar-refractivity contribution in [2.75, 3.05) is 26.3 Å². The summed E-state index contributed by atoms with van der Waals surface area (Å²) in [5.74, 6) is -0.0677. The molecule has 0 aliphatic carbocycles. The lowest BCUT2D eigenvalue weighted by molar-refractivity contribution is -0.137. The van der Waals surface area contributed by atoms with E-state index in [1.54, 1.807) is 18.7 Å². The SMILES string of the molecule is CCCOCCCN1CCC(=O)NC(C)(C)C1=O. The molecular formula is C13H24N2O3. The number of ether oxygens (including phenoxy) is 1. The molecule has 1 saturated heterocycles. The highest BCUT2D eigenvalue weighted by Gasteiger charge is 2.35. The third-order valence-corrected chi connectivity index (χ3v) is 2.95. The van der Waals surface area contributed by atoms with Crippen molar-refractivity contribution in [1.29, 1.82) is 0 Å². The molecule has 5 nitrogen and oxygen atoms in total. The molecule has 0 unspecified atom stereocenters. The van der Waals surface area contributed by atoms with E-state index in [2.05, 4.69) is 12.2 Å². The Morgan fingerprint density at radius 2 is 2.06 bits per heavy atom. The first-order valence-corrected chi connectivity index (χ1v) is 6.65. The molecule has 1 rings (SSSR count). The summed E-state index contributed by atoms with van der Waals surface area (Å²) in [5, 5.41) is 2.75. The average Bonchev–Trinajstić information content (AvgIpc) is 2.39. The molecule has 2 amide bonds. The fourth-order valence-electron chi connectivity index (χ4n) is 2.02. The predicted octanol–water partition coefficient (Wildman–Crippen LogP) is 0.930. The molecule has 1 heterocycles. The highest BCUT2D eigenvalue weighted by molar-refractivity contribution is 5.92. The largest absolute Gasteiger partial charge is 0.381 e. The Morgan fingerprint density at radius 1 is 1.33 bits per heavy atom. The maximum atomic E-state index is 12.2. The fraction of sp³-hybridized carbons (Fsp3) is 0.846. The van der Waals surface area contributed by atoms with Crippen LogP contribution < -0.4 is 5.32 Å². The summed E-state index contributed by atoms with van der Waals surface area (Å²) in [6.07, 6.45) is 2.20. The number of rotatable bonds is 6. The lowest BCUT2D eigenvalue weighted by Crippen LogP contribution is -2.53. The van der Waals surface area contributed by atoms with Crippen LogP contribution in [0.4, 0.5) is 0 Å². The predicted molar refractivity (Wildman–Crippen MR) is 69.1 cm³/mol. The van der Waals surface area contributed by atoms with Crippen LogP contribution >= 0.6 is 0 Å². The highest BCUT2D eigenvalue weighted by atomic mass is 16.5. The number of carbonyl (C=O) groups excluding carboxylic acids is 2. The topological polar surface area (TPSA) is 58.6 Å². The Labute approximate surface area is 109 Å². The van der Waals surface area contributed by atoms with Crippen LogP contribution in [0.15, 0.2) is 0 Å². The van der Waals surface area contributed by atoms with Crippen LogP contribution in [0.3, 0.4) is 0 Å². The molecule has 18 heavy (non-hydrogen) atoms. The van der Waals surface area contributed by atoms with Gasteiger partial charge in [0.15, 0.2) is 0 Å². The van der Waals surface area contributed by atoms with E-state index in [4.69, 9.17) is 4.74 Å². The summed E-state index contributed by atoms with van der Waals surface area (Å²) >= 11 is 0. The van der Waals surface area contributed by atoms with Gasteiger partial charge < -0.3 is 15.0 Å². The summed E-state index contributed by atoms with van der Waals surface area (Å²) < 4.78 is 5.39. The van der Waals surface area contributed by atoms with Gasteiger partial charge in [0.1, 0.15) is 5.54 Å². The van der Waals surface area contributed by atoms with Crippen molar-refractivity contribution >= 4 is 11.8 Å². The molecule has 1 fully saturated rings. The zero-order chi connectivity index (χ0) is 13.6. The molecule has 0 saturated carbocycles. The van der Waals surface area contributed by atoms with Crippen LogP contribution in [-0.2, 0) is 14.3 Å². The van der Waals surface area contributed by atoms with Crippen molar-refractivity contribution in [2.24, 2.45) is 0 Å². The Kier molecular flexibility index (Phi) is 5.59. The van der Waals surface area contributed by atoms with E-state index in [1.807, 2.05) is 0 Å². The second-order valence-corrected chi connectivity index (χ2v) is 5.18. The Morgan fingerprint density at radius 3 is 2.72 bits per heavy atom. The van der Waals surface area contributed by atoms with Crippen LogP contribution in [0.2, 0.25) is 0 Å². The summed E-state index contributed by atoms with van der Waals surface area (Å²) in [7, 11) is 0. The van der Waals surface area contributed by atoms with Gasteiger partial charge in [0.25, 0.3) is 0 Å². The first kappa shape index (κ1) is 15.0. The van der Waals surface area contributed by atoms with Crippen LogP contribution in [0.25, 0.3) is 0 Å². The monoisotopic (exact) mass is 256 g/mol. The van der Waals surface area contributed by atoms with Crippen molar-refractivity contribution in [1.82, 2.24) is 10.2 Å². The number of hydrogen-bond donors (Lipinski definition) is 1. The van der Waals surface area contributed by atoms with E-state index in [0.29, 0.717) is 26.1 Å². The summed E-state index contributed by atoms with van der Waals surface area (Å²) in [6.45, 7) is 8.15. The Hall–Kier alpha value is -1.10. The number of hydrogen-bond acceptors (Lipinski definition) is 3. The molecule has 0 aromatic rings. The number of amides is 2. The standard InChI is InChI=1S/C13H24N2O3/c1-4-9-18-10-5-7-15-8-6-11(16)14-13(2,3)12(15)17/h4-10H2,1-3H3,(H,14,16). The van der Waals surface area contributed by atoms with E-state index in [9.17, 15) is 9.59 Å². The molecule has 0 aromatic carbocycles. The van der Waals surface area contributed by atoms with Crippen molar-refractivity contribution in [3.63, 3.8) is 0 Å². The lowest BCUT2D eigenvalue weighted by atomic mass is 10.0. The first-order valence-electron chi connectivity index (χ1n) is 6.65. The molecule has 0 spiro atoms. The minimum atomic E-state index is -0.794. The quantitative estimate of drug-likeness (QED) is 0.719. The van der Waals surface area contributed by atoms with Gasteiger partial charge in [-0.05, 0) is 26.7 Å². The van der Waals surface area contributed by atoms with Gasteiger partial charge >= 0.3 is 0 Å². The summed E-state index contributed by atoms with van der Waals surface area (Å²) in [6, 6.07) is 0. The Bertz CT molecular complexity index is 303. The van der Waals surface area contributed by atoms with Gasteiger partial charge in [0.05, 0.1) is 0 Å². The van der Waals surface area contributed by atoms with E-state index < -0.39 is 5.54 Å². The van der Waals surface area contributed by atoms with Crippen molar-refractivity contribution in [3.05, 3.63) is 0 Å². The minimum absolute atomic E-state index is 0.0103. The molecule has 1 N–H and O–H groups in total. The number of nitrogens with one attached hydrogen (secondary N) is 1. The van der Waals surface area contributed by atoms with E-state index in [0.717, 1.165) is 19.4 Å². The van der Waals surface area contributed by atoms with Crippen molar-refractivity contribution < 1.29 is 14.3 Å². The smallest absolute Gasteiger partial charge is 0.247 e. The van der Waals surface area contributed by atoms with Crippen LogP contribution in [0.5, 0.6) is 0 Å². The normalized spacial score (nSPS) is 19.6.